The highest BCUT2D eigenvalue weighted by molar-refractivity contribution is 7.22. The highest BCUT2D eigenvalue weighted by Gasteiger charge is 2.20. The predicted molar refractivity (Wildman–Crippen MR) is 111 cm³/mol. The van der Waals surface area contributed by atoms with Gasteiger partial charge in [0.2, 0.25) is 5.91 Å². The molecule has 0 radical (unpaired) electrons. The summed E-state index contributed by atoms with van der Waals surface area (Å²) in [5, 5.41) is 8.41. The smallest absolute Gasteiger partial charge is 0.239 e. The Morgan fingerprint density at radius 2 is 2.14 bits per heavy atom. The Balaban J connectivity index is 1.48. The van der Waals surface area contributed by atoms with Gasteiger partial charge in [-0.15, -0.1) is 0 Å². The van der Waals surface area contributed by atoms with Crippen molar-refractivity contribution >= 4 is 32.7 Å². The molecule has 0 saturated carbocycles. The minimum absolute atomic E-state index is 0.0193. The molecule has 28 heavy (non-hydrogen) atoms. The summed E-state index contributed by atoms with van der Waals surface area (Å²) in [7, 11) is 1.89. The second kappa shape index (κ2) is 7.89. The van der Waals surface area contributed by atoms with Crippen molar-refractivity contribution in [3.63, 3.8) is 0 Å². The molecule has 1 fully saturated rings. The van der Waals surface area contributed by atoms with E-state index < -0.39 is 0 Å². The van der Waals surface area contributed by atoms with Crippen LogP contribution in [0.1, 0.15) is 24.1 Å². The predicted octanol–water partition coefficient (Wildman–Crippen LogP) is 2.83. The molecule has 0 unspecified atom stereocenters. The zero-order valence-corrected chi connectivity index (χ0v) is 17.3. The van der Waals surface area contributed by atoms with Crippen molar-refractivity contribution in [2.75, 3.05) is 31.6 Å². The molecule has 2 aromatic heterocycles. The van der Waals surface area contributed by atoms with Crippen LogP contribution in [-0.4, -0.2) is 53.5 Å². The number of aromatic nitrogens is 3. The van der Waals surface area contributed by atoms with Gasteiger partial charge in [0.05, 0.1) is 28.7 Å². The first-order chi connectivity index (χ1) is 13.5. The van der Waals surface area contributed by atoms with E-state index in [9.17, 15) is 4.79 Å². The van der Waals surface area contributed by atoms with E-state index in [1.165, 1.54) is 5.56 Å². The quantitative estimate of drug-likeness (QED) is 0.690. The maximum Gasteiger partial charge on any atom is 0.239 e. The maximum absolute atomic E-state index is 12.3. The third-order valence-electron chi connectivity index (χ3n) is 4.91. The van der Waals surface area contributed by atoms with E-state index in [0.717, 1.165) is 46.3 Å². The first-order valence-electron chi connectivity index (χ1n) is 9.54. The molecule has 1 aromatic carbocycles. The van der Waals surface area contributed by atoms with Crippen LogP contribution in [-0.2, 0) is 9.53 Å². The Hall–Kier alpha value is -2.45. The third kappa shape index (κ3) is 3.88. The first kappa shape index (κ1) is 18.9. The monoisotopic (exact) mass is 399 g/mol. The zero-order valence-electron chi connectivity index (χ0n) is 16.4. The van der Waals surface area contributed by atoms with Gasteiger partial charge in [-0.25, -0.2) is 4.68 Å². The lowest BCUT2D eigenvalue weighted by Crippen LogP contribution is -2.38. The number of aryl methyl sites for hydroxylation is 2. The van der Waals surface area contributed by atoms with Crippen LogP contribution in [0.15, 0.2) is 24.3 Å². The average molecular weight is 400 g/mol. The second-order valence-electron chi connectivity index (χ2n) is 7.28. The average Bonchev–Trinajstić information content (AvgIpc) is 3.39. The molecule has 4 rings (SSSR count). The second-order valence-corrected chi connectivity index (χ2v) is 8.25. The molecule has 1 amide bonds. The van der Waals surface area contributed by atoms with Gasteiger partial charge in [0, 0.05) is 20.2 Å². The van der Waals surface area contributed by atoms with E-state index >= 15 is 0 Å². The number of likely N-dealkylation sites (N-methyl/N-ethyl adjacent to an activating group) is 1. The Bertz CT molecular complexity index is 973. The summed E-state index contributed by atoms with van der Waals surface area (Å²) >= 11 is 1.56. The fraction of sp³-hybridized carbons (Fsp3) is 0.450. The summed E-state index contributed by atoms with van der Waals surface area (Å²) in [4.78, 5) is 18.9. The normalized spacial score (nSPS) is 16.6. The lowest BCUT2D eigenvalue weighted by atomic mass is 10.2. The van der Waals surface area contributed by atoms with E-state index in [2.05, 4.69) is 29.5 Å². The fourth-order valence-electron chi connectivity index (χ4n) is 3.32. The van der Waals surface area contributed by atoms with Crippen molar-refractivity contribution in [1.29, 1.82) is 0 Å². The van der Waals surface area contributed by atoms with E-state index in [0.29, 0.717) is 6.54 Å². The van der Waals surface area contributed by atoms with Gasteiger partial charge < -0.3 is 15.0 Å². The van der Waals surface area contributed by atoms with Gasteiger partial charge >= 0.3 is 0 Å². The van der Waals surface area contributed by atoms with E-state index in [1.54, 1.807) is 11.3 Å². The molecule has 1 N–H and O–H groups in total. The molecule has 1 aliphatic rings. The van der Waals surface area contributed by atoms with Crippen LogP contribution < -0.4 is 10.2 Å². The van der Waals surface area contributed by atoms with Crippen LogP contribution in [0.25, 0.3) is 16.0 Å². The lowest BCUT2D eigenvalue weighted by Gasteiger charge is -2.16. The van der Waals surface area contributed by atoms with E-state index in [4.69, 9.17) is 9.72 Å². The SMILES string of the molecule is Cc1ccc(-n2nc(C)c3sc(N(C)CC(=O)NC[C@@H]4CCCO4)nc32)cc1. The number of rotatable bonds is 6. The van der Waals surface area contributed by atoms with Gasteiger partial charge in [-0.2, -0.15) is 10.1 Å². The summed E-state index contributed by atoms with van der Waals surface area (Å²) in [5.74, 6) is -0.0193. The summed E-state index contributed by atoms with van der Waals surface area (Å²) in [5.41, 5.74) is 3.96. The number of carbonyl (C=O) groups excluding carboxylic acids is 1. The largest absolute Gasteiger partial charge is 0.376 e. The Labute approximate surface area is 168 Å². The van der Waals surface area contributed by atoms with Crippen LogP contribution in [0.5, 0.6) is 0 Å². The molecule has 7 nitrogen and oxygen atoms in total. The van der Waals surface area contributed by atoms with E-state index in [1.807, 2.05) is 35.7 Å². The standard InChI is InChI=1S/C20H25N5O2S/c1-13-6-8-15(9-7-13)25-19-18(14(2)23-25)28-20(22-19)24(3)12-17(26)21-11-16-5-4-10-27-16/h6-9,16H,4-5,10-12H2,1-3H3,(H,21,26)/t16-/m0/s1. The number of carbonyl (C=O) groups is 1. The molecule has 3 heterocycles. The summed E-state index contributed by atoms with van der Waals surface area (Å²) < 4.78 is 8.46. The number of ether oxygens (including phenoxy) is 1. The highest BCUT2D eigenvalue weighted by Crippen LogP contribution is 2.32. The van der Waals surface area contributed by atoms with Crippen molar-refractivity contribution in [3.8, 4) is 5.69 Å². The molecule has 8 heteroatoms. The highest BCUT2D eigenvalue weighted by atomic mass is 32.1. The molecule has 0 bridgehead atoms. The van der Waals surface area contributed by atoms with Gasteiger partial charge in [-0.3, -0.25) is 4.79 Å². The summed E-state index contributed by atoms with van der Waals surface area (Å²) in [6.45, 7) is 5.69. The Morgan fingerprint density at radius 3 is 2.86 bits per heavy atom. The van der Waals surface area contributed by atoms with Gasteiger partial charge in [0.15, 0.2) is 10.8 Å². The number of hydrogen-bond acceptors (Lipinski definition) is 6. The van der Waals surface area contributed by atoms with E-state index in [-0.39, 0.29) is 18.6 Å². The number of hydrogen-bond donors (Lipinski definition) is 1. The number of nitrogens with zero attached hydrogens (tertiary/aromatic N) is 4. The number of thiazole rings is 1. The van der Waals surface area contributed by atoms with Crippen LogP contribution in [0, 0.1) is 13.8 Å². The summed E-state index contributed by atoms with van der Waals surface area (Å²) in [6, 6.07) is 8.22. The van der Waals surface area contributed by atoms with Crippen LogP contribution in [0.4, 0.5) is 5.13 Å². The molecule has 148 valence electrons. The molecule has 1 aliphatic heterocycles. The van der Waals surface area contributed by atoms with Crippen molar-refractivity contribution in [2.24, 2.45) is 0 Å². The minimum Gasteiger partial charge on any atom is -0.376 e. The molecular formula is C20H25N5O2S. The molecular weight excluding hydrogens is 374 g/mol. The number of benzene rings is 1. The first-order valence-corrected chi connectivity index (χ1v) is 10.4. The van der Waals surface area contributed by atoms with Crippen molar-refractivity contribution < 1.29 is 9.53 Å². The minimum atomic E-state index is -0.0193. The van der Waals surface area contributed by atoms with Gasteiger partial charge in [0.1, 0.15) is 0 Å². The summed E-state index contributed by atoms with van der Waals surface area (Å²) in [6.07, 6.45) is 2.24. The molecule has 1 atom stereocenters. The molecule has 1 saturated heterocycles. The lowest BCUT2D eigenvalue weighted by molar-refractivity contribution is -0.120. The number of anilines is 1. The van der Waals surface area contributed by atoms with Crippen molar-refractivity contribution in [2.45, 2.75) is 32.8 Å². The van der Waals surface area contributed by atoms with Crippen molar-refractivity contribution in [1.82, 2.24) is 20.1 Å². The molecule has 3 aromatic rings. The molecule has 0 aliphatic carbocycles. The zero-order chi connectivity index (χ0) is 19.7. The number of fused-ring (bicyclic) bond motifs is 1. The Kier molecular flexibility index (Phi) is 5.32. The number of amides is 1. The Morgan fingerprint density at radius 1 is 1.36 bits per heavy atom. The molecule has 0 spiro atoms. The maximum atomic E-state index is 12.3. The van der Waals surface area contributed by atoms with Crippen LogP contribution >= 0.6 is 11.3 Å². The number of nitrogens with one attached hydrogen (secondary N) is 1. The van der Waals surface area contributed by atoms with Gasteiger partial charge in [-0.1, -0.05) is 29.0 Å². The topological polar surface area (TPSA) is 72.3 Å². The van der Waals surface area contributed by atoms with Crippen molar-refractivity contribution in [3.05, 3.63) is 35.5 Å². The fourth-order valence-corrected chi connectivity index (χ4v) is 4.27. The van der Waals surface area contributed by atoms with Crippen LogP contribution in [0.2, 0.25) is 0 Å². The third-order valence-corrected chi connectivity index (χ3v) is 6.18. The van der Waals surface area contributed by atoms with Gasteiger partial charge in [0.25, 0.3) is 0 Å². The van der Waals surface area contributed by atoms with Gasteiger partial charge in [-0.05, 0) is 38.8 Å². The van der Waals surface area contributed by atoms with Crippen LogP contribution in [0.3, 0.4) is 0 Å².